The van der Waals surface area contributed by atoms with Crippen molar-refractivity contribution < 1.29 is 51.9 Å². The summed E-state index contributed by atoms with van der Waals surface area (Å²) in [4.78, 5) is 13.6. The Morgan fingerprint density at radius 2 is 1.14 bits per heavy atom. The number of methoxy groups -OCH3 is 2. The van der Waals surface area contributed by atoms with E-state index in [1.807, 2.05) is 22.4 Å². The van der Waals surface area contributed by atoms with E-state index in [0.29, 0.717) is 91.1 Å². The van der Waals surface area contributed by atoms with Crippen molar-refractivity contribution in [1.82, 2.24) is 19.8 Å². The Balaban J connectivity index is 0.000000208. The molecule has 70 heavy (non-hydrogen) atoms. The number of hydrogen-bond acceptors (Lipinski definition) is 11. The predicted molar refractivity (Wildman–Crippen MR) is 260 cm³/mol. The topological polar surface area (TPSA) is 132 Å². The number of hydrogen-bond donors (Lipinski definition) is 4. The highest BCUT2D eigenvalue weighted by Gasteiger charge is 2.36. The first kappa shape index (κ1) is 52.1. The second-order valence-electron chi connectivity index (χ2n) is 18.1. The number of nitrogens with zero attached hydrogens (tertiary/aromatic N) is 4. The van der Waals surface area contributed by atoms with E-state index in [2.05, 4.69) is 38.5 Å². The average molecular weight is 985 g/mol. The Bertz CT molecular complexity index is 2850. The van der Waals surface area contributed by atoms with Crippen molar-refractivity contribution >= 4 is 33.1 Å². The number of benzene rings is 3. The molecule has 8 rings (SSSR count). The molecule has 2 fully saturated rings. The monoisotopic (exact) mass is 984 g/mol. The molecule has 2 saturated heterocycles. The number of thiophene rings is 1. The van der Waals surface area contributed by atoms with Crippen LogP contribution in [0.25, 0.3) is 21.8 Å². The molecule has 0 aliphatic carbocycles. The Hall–Kier alpha value is -5.69. The SMILES string of the molecule is COc1ccc2ncc(F)c([C@H](O)CCC3(CO)CCN(CC#Cc4cc(F)cc(F)c4F)CC3)c2c1.COc1ccc2ncc(F)c([C@H](O)CCC3(CO)CCN(CC#Cc4cccs4)CC3)c2c1. The predicted octanol–water partition coefficient (Wildman–Crippen LogP) is 9.12. The van der Waals surface area contributed by atoms with Crippen LogP contribution in [0.15, 0.2) is 78.4 Å². The number of fused-ring (bicyclic) bond motifs is 2. The lowest BCUT2D eigenvalue weighted by atomic mass is 9.74. The number of ether oxygens (including phenoxy) is 2. The third-order valence-electron chi connectivity index (χ3n) is 13.8. The molecule has 10 nitrogen and oxygen atoms in total. The molecule has 3 aromatic heterocycles. The molecule has 16 heteroatoms. The van der Waals surface area contributed by atoms with Crippen LogP contribution in [0, 0.1) is 63.6 Å². The van der Waals surface area contributed by atoms with Crippen molar-refractivity contribution in [2.24, 2.45) is 10.8 Å². The molecule has 2 aliphatic rings. The molecule has 0 unspecified atom stereocenters. The van der Waals surface area contributed by atoms with Crippen LogP contribution in [-0.2, 0) is 0 Å². The molecule has 5 heterocycles. The van der Waals surface area contributed by atoms with E-state index in [1.165, 1.54) is 7.11 Å². The standard InChI is InChI=1S/C28H28F4N2O3.C26H29FN2O3S/c1-37-20-4-5-24-21(15-20)26(23(31)16-33-24)25(36)6-7-28(17-35)8-11-34(12-9-28)10-2-3-18-13-19(29)14-22(30)27(18)32;1-32-19-6-7-23-21(16-19)25(22(27)17-28-23)24(31)8-9-26(18-30)10-13-29(14-11-26)12-2-4-20-5-3-15-33-20/h4-5,13-16,25,35-36H,6-12,17H2,1H3;3,5-7,15-17,24,30-31H,8-14,18H2,1H3/t25-;24-/m11/s1. The number of aromatic nitrogens is 2. The number of aliphatic hydroxyl groups is 4. The average Bonchev–Trinajstić information content (AvgIpc) is 3.90. The first-order valence-corrected chi connectivity index (χ1v) is 24.1. The normalized spacial score (nSPS) is 16.6. The van der Waals surface area contributed by atoms with Gasteiger partial charge in [-0.2, -0.15) is 0 Å². The highest BCUT2D eigenvalue weighted by atomic mass is 32.1. The molecule has 0 radical (unpaired) electrons. The van der Waals surface area contributed by atoms with Gasteiger partial charge in [-0.1, -0.05) is 29.7 Å². The summed E-state index contributed by atoms with van der Waals surface area (Å²) < 4.78 is 80.4. The first-order valence-electron chi connectivity index (χ1n) is 23.2. The van der Waals surface area contributed by atoms with Crippen molar-refractivity contribution in [3.05, 3.63) is 129 Å². The van der Waals surface area contributed by atoms with Crippen molar-refractivity contribution in [2.75, 3.05) is 66.7 Å². The summed E-state index contributed by atoms with van der Waals surface area (Å²) >= 11 is 1.64. The van der Waals surface area contributed by atoms with E-state index >= 15 is 0 Å². The van der Waals surface area contributed by atoms with Crippen LogP contribution in [0.3, 0.4) is 0 Å². The zero-order valence-corrected chi connectivity index (χ0v) is 40.0. The van der Waals surface area contributed by atoms with Crippen LogP contribution >= 0.6 is 11.3 Å². The van der Waals surface area contributed by atoms with Crippen molar-refractivity contribution in [2.45, 2.75) is 63.6 Å². The third-order valence-corrected chi connectivity index (χ3v) is 14.5. The minimum Gasteiger partial charge on any atom is -0.497 e. The van der Waals surface area contributed by atoms with Gasteiger partial charge in [0.15, 0.2) is 11.6 Å². The van der Waals surface area contributed by atoms with Crippen molar-refractivity contribution in [3.63, 3.8) is 0 Å². The maximum Gasteiger partial charge on any atom is 0.174 e. The molecule has 0 amide bonds. The van der Waals surface area contributed by atoms with Gasteiger partial charge in [0.05, 0.1) is 73.4 Å². The van der Waals surface area contributed by atoms with Gasteiger partial charge in [0.25, 0.3) is 0 Å². The molecule has 6 aromatic rings. The molecule has 2 aliphatic heterocycles. The first-order chi connectivity index (χ1) is 33.8. The molecule has 0 spiro atoms. The Morgan fingerprint density at radius 1 is 0.657 bits per heavy atom. The number of likely N-dealkylation sites (tertiary alicyclic amines) is 2. The van der Waals surface area contributed by atoms with Crippen LogP contribution in [0.5, 0.6) is 11.5 Å². The molecule has 2 atom stereocenters. The molecular formula is C54H57F5N4O6S. The van der Waals surface area contributed by atoms with Crippen LogP contribution < -0.4 is 9.47 Å². The second-order valence-corrected chi connectivity index (χ2v) is 19.1. The zero-order valence-electron chi connectivity index (χ0n) is 39.2. The number of pyridine rings is 2. The highest BCUT2D eigenvalue weighted by molar-refractivity contribution is 7.10. The van der Waals surface area contributed by atoms with Crippen molar-refractivity contribution in [3.8, 4) is 35.2 Å². The Morgan fingerprint density at radius 3 is 1.59 bits per heavy atom. The van der Waals surface area contributed by atoms with Crippen molar-refractivity contribution in [1.29, 1.82) is 0 Å². The fourth-order valence-electron chi connectivity index (χ4n) is 9.27. The molecular weight excluding hydrogens is 928 g/mol. The number of halogens is 5. The summed E-state index contributed by atoms with van der Waals surface area (Å²) in [6, 6.07) is 15.6. The van der Waals surface area contributed by atoms with Crippen LogP contribution in [-0.4, -0.2) is 107 Å². The minimum absolute atomic E-state index is 0.0574. The molecule has 370 valence electrons. The summed E-state index contributed by atoms with van der Waals surface area (Å²) in [5.41, 5.74) is 0.513. The van der Waals surface area contributed by atoms with E-state index in [1.54, 1.807) is 54.8 Å². The van der Waals surface area contributed by atoms with E-state index in [-0.39, 0.29) is 48.3 Å². The van der Waals surface area contributed by atoms with Gasteiger partial charge in [-0.05, 0) is 142 Å². The lowest BCUT2D eigenvalue weighted by molar-refractivity contribution is 0.0269. The van der Waals surface area contributed by atoms with Gasteiger partial charge in [-0.3, -0.25) is 19.8 Å². The van der Waals surface area contributed by atoms with Gasteiger partial charge in [0.1, 0.15) is 29.0 Å². The van der Waals surface area contributed by atoms with Gasteiger partial charge in [0.2, 0.25) is 0 Å². The number of piperidine rings is 2. The smallest absolute Gasteiger partial charge is 0.174 e. The largest absolute Gasteiger partial charge is 0.497 e. The number of rotatable bonds is 14. The molecule has 0 bridgehead atoms. The Kier molecular flexibility index (Phi) is 17.8. The quantitative estimate of drug-likeness (QED) is 0.0477. The fourth-order valence-corrected chi connectivity index (χ4v) is 9.86. The summed E-state index contributed by atoms with van der Waals surface area (Å²) in [6.45, 7) is 3.83. The van der Waals surface area contributed by atoms with Crippen LogP contribution in [0.1, 0.15) is 85.1 Å². The lowest BCUT2D eigenvalue weighted by Gasteiger charge is -2.40. The summed E-state index contributed by atoms with van der Waals surface area (Å²) in [5.74, 6) is 8.30. The third kappa shape index (κ3) is 12.8. The lowest BCUT2D eigenvalue weighted by Crippen LogP contribution is -2.42. The van der Waals surface area contributed by atoms with E-state index in [9.17, 15) is 42.4 Å². The second kappa shape index (κ2) is 23.9. The highest BCUT2D eigenvalue weighted by Crippen LogP contribution is 2.41. The van der Waals surface area contributed by atoms with E-state index < -0.39 is 46.7 Å². The fraction of sp³-hybridized carbons (Fsp3) is 0.407. The minimum atomic E-state index is -1.28. The molecule has 4 N–H and O–H groups in total. The van der Waals surface area contributed by atoms with Gasteiger partial charge in [-0.25, -0.2) is 22.0 Å². The number of aliphatic hydroxyl groups excluding tert-OH is 4. The summed E-state index contributed by atoms with van der Waals surface area (Å²) in [6.07, 6.45) is 4.77. The Labute approximate surface area is 408 Å². The van der Waals surface area contributed by atoms with Gasteiger partial charge < -0.3 is 29.9 Å². The van der Waals surface area contributed by atoms with E-state index in [4.69, 9.17) is 9.47 Å². The maximum absolute atomic E-state index is 14.7. The zero-order chi connectivity index (χ0) is 49.8. The summed E-state index contributed by atoms with van der Waals surface area (Å²) in [7, 11) is 3.06. The van der Waals surface area contributed by atoms with Crippen LogP contribution in [0.4, 0.5) is 22.0 Å². The van der Waals surface area contributed by atoms with Crippen LogP contribution in [0.2, 0.25) is 0 Å². The van der Waals surface area contributed by atoms with Gasteiger partial charge >= 0.3 is 0 Å². The summed E-state index contributed by atoms with van der Waals surface area (Å²) in [5, 5.41) is 45.3. The molecule has 0 saturated carbocycles. The maximum atomic E-state index is 14.7. The van der Waals surface area contributed by atoms with Gasteiger partial charge in [0, 0.05) is 41.2 Å². The molecule has 3 aromatic carbocycles. The van der Waals surface area contributed by atoms with Gasteiger partial charge in [-0.15, -0.1) is 11.3 Å². The van der Waals surface area contributed by atoms with E-state index in [0.717, 1.165) is 49.3 Å².